The lowest BCUT2D eigenvalue weighted by molar-refractivity contribution is -0.120. The summed E-state index contributed by atoms with van der Waals surface area (Å²) in [7, 11) is -3.69. The van der Waals surface area contributed by atoms with Gasteiger partial charge in [-0.2, -0.15) is 0 Å². The van der Waals surface area contributed by atoms with Crippen LogP contribution in [0.4, 0.5) is 0 Å². The lowest BCUT2D eigenvalue weighted by Gasteiger charge is -2.10. The van der Waals surface area contributed by atoms with Crippen molar-refractivity contribution < 1.29 is 13.2 Å². The maximum Gasteiger partial charge on any atom is 0.238 e. The fraction of sp³-hybridized carbons (Fsp3) is 0.188. The summed E-state index contributed by atoms with van der Waals surface area (Å²) in [5.74, 6) is -0.0123. The van der Waals surface area contributed by atoms with Gasteiger partial charge >= 0.3 is 0 Å². The van der Waals surface area contributed by atoms with E-state index in [0.717, 1.165) is 16.9 Å². The van der Waals surface area contributed by atoms with Crippen LogP contribution in [0.3, 0.4) is 0 Å². The summed E-state index contributed by atoms with van der Waals surface area (Å²) in [6.45, 7) is 0.358. The van der Waals surface area contributed by atoms with Crippen LogP contribution in [0, 0.1) is 0 Å². The van der Waals surface area contributed by atoms with Crippen molar-refractivity contribution in [1.82, 2.24) is 5.32 Å². The lowest BCUT2D eigenvalue weighted by atomic mass is 10.1. The van der Waals surface area contributed by atoms with Gasteiger partial charge < -0.3 is 5.32 Å². The van der Waals surface area contributed by atoms with Crippen molar-refractivity contribution in [3.8, 4) is 0 Å². The van der Waals surface area contributed by atoms with Gasteiger partial charge in [0, 0.05) is 11.4 Å². The zero-order valence-corrected chi connectivity index (χ0v) is 13.9. The fourth-order valence-electron chi connectivity index (χ4n) is 2.43. The number of nitrogens with two attached hydrogens (primary N) is 1. The molecule has 2 aromatic rings. The highest BCUT2D eigenvalue weighted by atomic mass is 32.2. The van der Waals surface area contributed by atoms with Crippen molar-refractivity contribution in [3.63, 3.8) is 0 Å². The molecular formula is C16H16N2O3S2. The van der Waals surface area contributed by atoms with Gasteiger partial charge in [0.1, 0.15) is 0 Å². The van der Waals surface area contributed by atoms with E-state index in [1.54, 1.807) is 23.9 Å². The van der Waals surface area contributed by atoms with Crippen LogP contribution in [-0.4, -0.2) is 19.6 Å². The van der Waals surface area contributed by atoms with Crippen molar-refractivity contribution in [2.75, 3.05) is 0 Å². The van der Waals surface area contributed by atoms with E-state index >= 15 is 0 Å². The van der Waals surface area contributed by atoms with Crippen LogP contribution >= 0.6 is 11.8 Å². The fourth-order valence-corrected chi connectivity index (χ4v) is 4.16. The molecule has 2 aromatic carbocycles. The molecule has 1 heterocycles. The lowest BCUT2D eigenvalue weighted by Crippen LogP contribution is -2.32. The second-order valence-electron chi connectivity index (χ2n) is 5.33. The predicted octanol–water partition coefficient (Wildman–Crippen LogP) is 1.67. The second-order valence-corrected chi connectivity index (χ2v) is 8.13. The van der Waals surface area contributed by atoms with Gasteiger partial charge in [-0.3, -0.25) is 4.79 Å². The molecule has 0 saturated heterocycles. The van der Waals surface area contributed by atoms with Crippen molar-refractivity contribution in [2.45, 2.75) is 28.0 Å². The molecule has 5 nitrogen and oxygen atoms in total. The third-order valence-corrected chi connectivity index (χ3v) is 5.90. The van der Waals surface area contributed by atoms with E-state index in [2.05, 4.69) is 5.32 Å². The zero-order chi connectivity index (χ0) is 16.4. The molecule has 7 heteroatoms. The molecule has 0 aromatic heterocycles. The van der Waals surface area contributed by atoms with Gasteiger partial charge in [-0.25, -0.2) is 13.6 Å². The Bertz CT molecular complexity index is 808. The summed E-state index contributed by atoms with van der Waals surface area (Å²) in [5, 5.41) is 7.83. The van der Waals surface area contributed by atoms with E-state index in [9.17, 15) is 13.2 Å². The molecular weight excluding hydrogens is 332 g/mol. The van der Waals surface area contributed by atoms with Crippen LogP contribution in [0.5, 0.6) is 0 Å². The Hall–Kier alpha value is -1.83. The van der Waals surface area contributed by atoms with Crippen LogP contribution in [0.15, 0.2) is 58.3 Å². The molecule has 0 fully saturated rings. The normalized spacial score (nSPS) is 16.8. The highest BCUT2D eigenvalue weighted by Gasteiger charge is 2.27. The molecule has 120 valence electrons. The number of hydrogen-bond acceptors (Lipinski definition) is 4. The number of sulfonamides is 1. The molecule has 0 spiro atoms. The van der Waals surface area contributed by atoms with Crippen LogP contribution in [0.1, 0.15) is 11.1 Å². The standard InChI is InChI=1S/C16H16N2O3S2/c17-23(20,21)13-7-5-11(6-8-13)10-18-16(19)15-9-12-3-1-2-4-14(12)22-15/h1-8,15H,9-10H2,(H,18,19)(H2,17,20,21). The van der Waals surface area contributed by atoms with E-state index in [4.69, 9.17) is 5.14 Å². The van der Waals surface area contributed by atoms with Crippen molar-refractivity contribution >= 4 is 27.7 Å². The van der Waals surface area contributed by atoms with Gasteiger partial charge in [0.2, 0.25) is 15.9 Å². The Morgan fingerprint density at radius 2 is 1.87 bits per heavy atom. The zero-order valence-electron chi connectivity index (χ0n) is 12.2. The highest BCUT2D eigenvalue weighted by molar-refractivity contribution is 8.01. The minimum atomic E-state index is -3.69. The number of carbonyl (C=O) groups excluding carboxylic acids is 1. The number of primary sulfonamides is 1. The van der Waals surface area contributed by atoms with E-state index in [-0.39, 0.29) is 16.1 Å². The number of benzene rings is 2. The van der Waals surface area contributed by atoms with E-state index in [1.807, 2.05) is 24.3 Å². The Morgan fingerprint density at radius 3 is 2.52 bits per heavy atom. The summed E-state index contributed by atoms with van der Waals surface area (Å²) in [4.78, 5) is 13.5. The molecule has 3 N–H and O–H groups in total. The van der Waals surface area contributed by atoms with Crippen LogP contribution < -0.4 is 10.5 Å². The monoisotopic (exact) mass is 348 g/mol. The Balaban J connectivity index is 1.58. The van der Waals surface area contributed by atoms with Gasteiger partial charge in [0.25, 0.3) is 0 Å². The highest BCUT2D eigenvalue weighted by Crippen LogP contribution is 2.36. The molecule has 3 rings (SSSR count). The minimum absolute atomic E-state index is 0.0123. The van der Waals surface area contributed by atoms with Crippen LogP contribution in [-0.2, 0) is 27.8 Å². The quantitative estimate of drug-likeness (QED) is 0.879. The molecule has 0 saturated carbocycles. The maximum absolute atomic E-state index is 12.3. The third-order valence-electron chi connectivity index (χ3n) is 3.66. The molecule has 1 atom stereocenters. The van der Waals surface area contributed by atoms with Crippen molar-refractivity contribution in [2.24, 2.45) is 5.14 Å². The number of rotatable bonds is 4. The molecule has 1 aliphatic heterocycles. The maximum atomic E-state index is 12.3. The molecule has 0 aliphatic carbocycles. The Labute approximate surface area is 139 Å². The van der Waals surface area contributed by atoms with Crippen LogP contribution in [0.2, 0.25) is 0 Å². The first-order chi connectivity index (χ1) is 10.9. The SMILES string of the molecule is NS(=O)(=O)c1ccc(CNC(=O)C2Cc3ccccc3S2)cc1. The first kappa shape index (κ1) is 16.0. The smallest absolute Gasteiger partial charge is 0.238 e. The first-order valence-electron chi connectivity index (χ1n) is 7.07. The van der Waals surface area contributed by atoms with E-state index in [0.29, 0.717) is 6.54 Å². The number of thioether (sulfide) groups is 1. The molecule has 1 unspecified atom stereocenters. The molecule has 1 amide bonds. The summed E-state index contributed by atoms with van der Waals surface area (Å²) in [5.41, 5.74) is 2.03. The van der Waals surface area contributed by atoms with Crippen molar-refractivity contribution in [1.29, 1.82) is 0 Å². The summed E-state index contributed by atoms with van der Waals surface area (Å²) >= 11 is 1.58. The summed E-state index contributed by atoms with van der Waals surface area (Å²) < 4.78 is 22.4. The molecule has 0 bridgehead atoms. The minimum Gasteiger partial charge on any atom is -0.351 e. The molecule has 0 radical (unpaired) electrons. The van der Waals surface area contributed by atoms with E-state index < -0.39 is 10.0 Å². The number of amides is 1. The summed E-state index contributed by atoms with van der Waals surface area (Å²) in [6.07, 6.45) is 0.733. The summed E-state index contributed by atoms with van der Waals surface area (Å²) in [6, 6.07) is 14.2. The second kappa shape index (κ2) is 6.35. The number of nitrogens with one attached hydrogen (secondary N) is 1. The van der Waals surface area contributed by atoms with Gasteiger partial charge in [0.05, 0.1) is 10.1 Å². The number of carbonyl (C=O) groups is 1. The van der Waals surface area contributed by atoms with Crippen LogP contribution in [0.25, 0.3) is 0 Å². The Morgan fingerprint density at radius 1 is 1.17 bits per heavy atom. The topological polar surface area (TPSA) is 89.3 Å². The largest absolute Gasteiger partial charge is 0.351 e. The molecule has 1 aliphatic rings. The third kappa shape index (κ3) is 3.74. The van der Waals surface area contributed by atoms with Gasteiger partial charge in [-0.15, -0.1) is 11.8 Å². The Kier molecular flexibility index (Phi) is 4.43. The average molecular weight is 348 g/mol. The predicted molar refractivity (Wildman–Crippen MR) is 89.5 cm³/mol. The van der Waals surface area contributed by atoms with Gasteiger partial charge in [-0.05, 0) is 35.7 Å². The number of fused-ring (bicyclic) bond motifs is 1. The van der Waals surface area contributed by atoms with Gasteiger partial charge in [0.15, 0.2) is 0 Å². The number of hydrogen-bond donors (Lipinski definition) is 2. The van der Waals surface area contributed by atoms with Crippen molar-refractivity contribution in [3.05, 3.63) is 59.7 Å². The average Bonchev–Trinajstić information content (AvgIpc) is 2.96. The van der Waals surface area contributed by atoms with Gasteiger partial charge in [-0.1, -0.05) is 30.3 Å². The first-order valence-corrected chi connectivity index (χ1v) is 9.50. The molecule has 23 heavy (non-hydrogen) atoms. The van der Waals surface area contributed by atoms with E-state index in [1.165, 1.54) is 17.7 Å².